The SMILES string of the molecule is Cn1ncnc1SCCCOc1ccc(C#N)cc1. The number of benzene rings is 1. The van der Waals surface area contributed by atoms with E-state index in [-0.39, 0.29) is 0 Å². The van der Waals surface area contributed by atoms with Gasteiger partial charge >= 0.3 is 0 Å². The number of rotatable bonds is 6. The number of nitriles is 1. The molecule has 6 heteroatoms. The molecular weight excluding hydrogens is 260 g/mol. The van der Waals surface area contributed by atoms with Crippen molar-refractivity contribution in [3.8, 4) is 11.8 Å². The summed E-state index contributed by atoms with van der Waals surface area (Å²) in [4.78, 5) is 4.13. The molecule has 0 atom stereocenters. The van der Waals surface area contributed by atoms with Crippen molar-refractivity contribution < 1.29 is 4.74 Å². The molecule has 1 aromatic heterocycles. The van der Waals surface area contributed by atoms with Gasteiger partial charge in [-0.2, -0.15) is 10.4 Å². The van der Waals surface area contributed by atoms with Gasteiger partial charge in [0.05, 0.1) is 18.2 Å². The number of hydrogen-bond donors (Lipinski definition) is 0. The van der Waals surface area contributed by atoms with Crippen LogP contribution >= 0.6 is 11.8 Å². The summed E-state index contributed by atoms with van der Waals surface area (Å²) in [5.74, 6) is 1.73. The molecule has 5 nitrogen and oxygen atoms in total. The van der Waals surface area contributed by atoms with Gasteiger partial charge in [-0.1, -0.05) is 11.8 Å². The van der Waals surface area contributed by atoms with Crippen LogP contribution in [0.25, 0.3) is 0 Å². The minimum atomic E-state index is 0.644. The second-order valence-electron chi connectivity index (χ2n) is 3.85. The Balaban J connectivity index is 1.66. The lowest BCUT2D eigenvalue weighted by atomic mass is 10.2. The lowest BCUT2D eigenvalue weighted by Crippen LogP contribution is -2.00. The van der Waals surface area contributed by atoms with E-state index in [2.05, 4.69) is 16.2 Å². The summed E-state index contributed by atoms with van der Waals surface area (Å²) < 4.78 is 7.35. The maximum Gasteiger partial charge on any atom is 0.185 e. The number of ether oxygens (including phenoxy) is 1. The molecule has 0 unspecified atom stereocenters. The highest BCUT2D eigenvalue weighted by atomic mass is 32.2. The largest absolute Gasteiger partial charge is 0.494 e. The fourth-order valence-electron chi connectivity index (χ4n) is 1.45. The zero-order valence-electron chi connectivity index (χ0n) is 10.6. The summed E-state index contributed by atoms with van der Waals surface area (Å²) in [6.07, 6.45) is 2.48. The monoisotopic (exact) mass is 274 g/mol. The molecule has 2 aromatic rings. The first-order chi connectivity index (χ1) is 9.29. The normalized spacial score (nSPS) is 10.1. The van der Waals surface area contributed by atoms with Gasteiger partial charge in [0.1, 0.15) is 12.1 Å². The average Bonchev–Trinajstić information content (AvgIpc) is 2.85. The Morgan fingerprint density at radius 3 is 2.79 bits per heavy atom. The number of aromatic nitrogens is 3. The Labute approximate surface area is 116 Å². The van der Waals surface area contributed by atoms with Gasteiger partial charge in [0.15, 0.2) is 5.16 Å². The van der Waals surface area contributed by atoms with Crippen molar-refractivity contribution in [2.24, 2.45) is 7.05 Å². The van der Waals surface area contributed by atoms with E-state index >= 15 is 0 Å². The van der Waals surface area contributed by atoms with Crippen molar-refractivity contribution in [2.75, 3.05) is 12.4 Å². The highest BCUT2D eigenvalue weighted by Crippen LogP contribution is 2.15. The zero-order chi connectivity index (χ0) is 13.5. The standard InChI is InChI=1S/C13H14N4OS/c1-17-13(15-10-16-17)19-8-2-7-18-12-5-3-11(9-14)4-6-12/h3-6,10H,2,7-8H2,1H3. The molecule has 1 aromatic carbocycles. The van der Waals surface area contributed by atoms with Gasteiger partial charge in [-0.25, -0.2) is 9.67 Å². The van der Waals surface area contributed by atoms with Crippen LogP contribution < -0.4 is 4.74 Å². The van der Waals surface area contributed by atoms with E-state index in [9.17, 15) is 0 Å². The minimum absolute atomic E-state index is 0.644. The number of thioether (sulfide) groups is 1. The second-order valence-corrected chi connectivity index (χ2v) is 4.91. The summed E-state index contributed by atoms with van der Waals surface area (Å²) in [6, 6.07) is 9.21. The van der Waals surface area contributed by atoms with Crippen LogP contribution in [-0.4, -0.2) is 27.1 Å². The third kappa shape index (κ3) is 4.00. The molecule has 0 aliphatic heterocycles. The highest BCUT2D eigenvalue weighted by Gasteiger charge is 2.01. The Morgan fingerprint density at radius 1 is 1.37 bits per heavy atom. The molecule has 19 heavy (non-hydrogen) atoms. The first-order valence-electron chi connectivity index (χ1n) is 5.89. The zero-order valence-corrected chi connectivity index (χ0v) is 11.4. The van der Waals surface area contributed by atoms with Crippen LogP contribution in [0.15, 0.2) is 35.7 Å². The van der Waals surface area contributed by atoms with Gasteiger partial charge in [0, 0.05) is 12.8 Å². The third-order valence-corrected chi connectivity index (χ3v) is 3.56. The molecule has 0 saturated heterocycles. The average molecular weight is 274 g/mol. The van der Waals surface area contributed by atoms with E-state index in [0.29, 0.717) is 12.2 Å². The van der Waals surface area contributed by atoms with Crippen molar-refractivity contribution in [1.82, 2.24) is 14.8 Å². The van der Waals surface area contributed by atoms with Gasteiger partial charge in [-0.05, 0) is 30.7 Å². The molecule has 0 saturated carbocycles. The van der Waals surface area contributed by atoms with E-state index in [1.54, 1.807) is 34.9 Å². The first kappa shape index (κ1) is 13.4. The van der Waals surface area contributed by atoms with E-state index in [0.717, 1.165) is 23.1 Å². The lowest BCUT2D eigenvalue weighted by Gasteiger charge is -2.05. The quantitative estimate of drug-likeness (QED) is 0.597. The lowest BCUT2D eigenvalue weighted by molar-refractivity contribution is 0.318. The van der Waals surface area contributed by atoms with Gasteiger partial charge in [0.25, 0.3) is 0 Å². The van der Waals surface area contributed by atoms with E-state index in [1.807, 2.05) is 19.2 Å². The Kier molecular flexibility index (Phi) is 4.81. The number of aryl methyl sites for hydroxylation is 1. The van der Waals surface area contributed by atoms with Crippen LogP contribution in [0.4, 0.5) is 0 Å². The van der Waals surface area contributed by atoms with E-state index in [1.165, 1.54) is 0 Å². The predicted molar refractivity (Wildman–Crippen MR) is 73.0 cm³/mol. The molecule has 0 fully saturated rings. The van der Waals surface area contributed by atoms with Crippen molar-refractivity contribution >= 4 is 11.8 Å². The molecule has 1 heterocycles. The minimum Gasteiger partial charge on any atom is -0.494 e. The summed E-state index contributed by atoms with van der Waals surface area (Å²) in [5, 5.41) is 13.6. The van der Waals surface area contributed by atoms with Gasteiger partial charge in [0.2, 0.25) is 0 Å². The van der Waals surface area contributed by atoms with Crippen LogP contribution in [0.5, 0.6) is 5.75 Å². The van der Waals surface area contributed by atoms with Crippen molar-refractivity contribution in [1.29, 1.82) is 5.26 Å². The molecule has 0 spiro atoms. The molecule has 0 N–H and O–H groups in total. The molecular formula is C13H14N4OS. The van der Waals surface area contributed by atoms with E-state index < -0.39 is 0 Å². The fraction of sp³-hybridized carbons (Fsp3) is 0.308. The number of hydrogen-bond acceptors (Lipinski definition) is 5. The Bertz CT molecular complexity index is 559. The van der Waals surface area contributed by atoms with Crippen LogP contribution in [0, 0.1) is 11.3 Å². The van der Waals surface area contributed by atoms with Gasteiger partial charge in [-0.3, -0.25) is 0 Å². The molecule has 0 radical (unpaired) electrons. The summed E-state index contributed by atoms with van der Waals surface area (Å²) in [6.45, 7) is 0.650. The molecule has 0 aliphatic carbocycles. The maximum absolute atomic E-state index is 8.68. The van der Waals surface area contributed by atoms with Crippen molar-refractivity contribution in [3.05, 3.63) is 36.2 Å². The third-order valence-electron chi connectivity index (χ3n) is 2.44. The van der Waals surface area contributed by atoms with Crippen LogP contribution in [0.2, 0.25) is 0 Å². The molecule has 0 bridgehead atoms. The summed E-state index contributed by atoms with van der Waals surface area (Å²) in [7, 11) is 1.88. The Morgan fingerprint density at radius 2 is 2.16 bits per heavy atom. The van der Waals surface area contributed by atoms with Crippen LogP contribution in [0.3, 0.4) is 0 Å². The maximum atomic E-state index is 8.68. The smallest absolute Gasteiger partial charge is 0.185 e. The topological polar surface area (TPSA) is 63.7 Å². The van der Waals surface area contributed by atoms with E-state index in [4.69, 9.17) is 10.00 Å². The van der Waals surface area contributed by atoms with Crippen LogP contribution in [-0.2, 0) is 7.05 Å². The van der Waals surface area contributed by atoms with Gasteiger partial charge < -0.3 is 4.74 Å². The van der Waals surface area contributed by atoms with Gasteiger partial charge in [-0.15, -0.1) is 0 Å². The molecule has 98 valence electrons. The summed E-state index contributed by atoms with van der Waals surface area (Å²) >= 11 is 1.66. The van der Waals surface area contributed by atoms with Crippen molar-refractivity contribution in [2.45, 2.75) is 11.6 Å². The van der Waals surface area contributed by atoms with Crippen LogP contribution in [0.1, 0.15) is 12.0 Å². The first-order valence-corrected chi connectivity index (χ1v) is 6.88. The fourth-order valence-corrected chi connectivity index (χ4v) is 2.25. The van der Waals surface area contributed by atoms with Crippen molar-refractivity contribution in [3.63, 3.8) is 0 Å². The second kappa shape index (κ2) is 6.81. The highest BCUT2D eigenvalue weighted by molar-refractivity contribution is 7.99. The number of nitrogens with zero attached hydrogens (tertiary/aromatic N) is 4. The molecule has 2 rings (SSSR count). The summed E-state index contributed by atoms with van der Waals surface area (Å²) in [5.41, 5.74) is 0.644. The molecule has 0 amide bonds. The predicted octanol–water partition coefficient (Wildman–Crippen LogP) is 2.25. The Hall–Kier alpha value is -2.00. The molecule has 0 aliphatic rings.